The number of likely N-dealkylation sites (N-methyl/N-ethyl adjacent to an activating group) is 1. The molecule has 0 atom stereocenters. The summed E-state index contributed by atoms with van der Waals surface area (Å²) in [7, 11) is 1.99. The van der Waals surface area contributed by atoms with Crippen molar-refractivity contribution in [1.29, 1.82) is 0 Å². The van der Waals surface area contributed by atoms with Gasteiger partial charge in [0, 0.05) is 24.8 Å². The van der Waals surface area contributed by atoms with Gasteiger partial charge in [-0.2, -0.15) is 0 Å². The summed E-state index contributed by atoms with van der Waals surface area (Å²) < 4.78 is 15.9. The second kappa shape index (κ2) is 5.77. The molecular weight excluding hydrogens is 297 g/mol. The topological polar surface area (TPSA) is 47.2 Å². The minimum Gasteiger partial charge on any atom is -0.302 e. The van der Waals surface area contributed by atoms with Crippen molar-refractivity contribution in [2.24, 2.45) is 0 Å². The lowest BCUT2D eigenvalue weighted by Crippen LogP contribution is -2.51. The number of hydrogen-bond donors (Lipinski definition) is 0. The van der Waals surface area contributed by atoms with E-state index in [-0.39, 0.29) is 23.2 Å². The highest BCUT2D eigenvalue weighted by molar-refractivity contribution is 5.33. The maximum Gasteiger partial charge on any atom is 0.335 e. The smallest absolute Gasteiger partial charge is 0.302 e. The first kappa shape index (κ1) is 15.7. The summed E-state index contributed by atoms with van der Waals surface area (Å²) in [5.74, 6) is -0.401. The van der Waals surface area contributed by atoms with Gasteiger partial charge in [-0.3, -0.25) is 9.36 Å². The van der Waals surface area contributed by atoms with E-state index in [1.165, 1.54) is 24.3 Å². The van der Waals surface area contributed by atoms with Crippen molar-refractivity contribution in [2.45, 2.75) is 25.8 Å². The monoisotopic (exact) mass is 317 g/mol. The molecule has 1 aliphatic rings. The molecule has 0 radical (unpaired) electrons. The molecule has 2 aromatic rings. The van der Waals surface area contributed by atoms with Gasteiger partial charge in [0.1, 0.15) is 5.82 Å². The van der Waals surface area contributed by atoms with Gasteiger partial charge in [-0.05, 0) is 37.2 Å². The Hall–Kier alpha value is -2.21. The molecule has 23 heavy (non-hydrogen) atoms. The quantitative estimate of drug-likeness (QED) is 0.866. The normalized spacial score (nSPS) is 15.9. The molecule has 0 aliphatic carbocycles. The average molecular weight is 317 g/mol. The number of halogens is 1. The second-order valence-corrected chi connectivity index (χ2v) is 6.42. The van der Waals surface area contributed by atoms with Crippen molar-refractivity contribution in [2.75, 3.05) is 20.1 Å². The Labute approximate surface area is 133 Å². The molecule has 6 heteroatoms. The summed E-state index contributed by atoms with van der Waals surface area (Å²) in [6, 6.07) is 5.49. The fraction of sp³-hybridized carbons (Fsp3) is 0.412. The third-order valence-electron chi connectivity index (χ3n) is 4.29. The molecular formula is C17H20FN3O2. The fourth-order valence-electron chi connectivity index (χ4n) is 2.91. The predicted octanol–water partition coefficient (Wildman–Crippen LogP) is 1.75. The molecule has 5 nitrogen and oxygen atoms in total. The number of likely N-dealkylation sites (tertiary alicyclic amines) is 1. The Kier molecular flexibility index (Phi) is 3.93. The van der Waals surface area contributed by atoms with Crippen LogP contribution in [0.15, 0.2) is 40.1 Å². The zero-order valence-corrected chi connectivity index (χ0v) is 13.5. The van der Waals surface area contributed by atoms with E-state index in [0.29, 0.717) is 11.3 Å². The van der Waals surface area contributed by atoms with Crippen LogP contribution in [0.25, 0.3) is 5.69 Å². The van der Waals surface area contributed by atoms with Crippen molar-refractivity contribution >= 4 is 0 Å². The summed E-state index contributed by atoms with van der Waals surface area (Å²) in [4.78, 5) is 27.6. The molecule has 0 N–H and O–H groups in total. The molecule has 1 saturated heterocycles. The number of benzene rings is 1. The summed E-state index contributed by atoms with van der Waals surface area (Å²) in [5.41, 5.74) is 0.276. The van der Waals surface area contributed by atoms with Crippen molar-refractivity contribution in [3.05, 3.63) is 62.7 Å². The SMILES string of the molecule is CC(C)c1cn(C2CN(C)C2)c(=O)n(-c2ccc(F)cc2)c1=O. The average Bonchev–Trinajstić information content (AvgIpc) is 2.46. The number of rotatable bonds is 3. The van der Waals surface area contributed by atoms with Gasteiger partial charge in [0.15, 0.2) is 0 Å². The molecule has 1 aromatic heterocycles. The van der Waals surface area contributed by atoms with Crippen LogP contribution in [0.2, 0.25) is 0 Å². The molecule has 3 rings (SSSR count). The molecule has 0 amide bonds. The van der Waals surface area contributed by atoms with E-state index in [9.17, 15) is 14.0 Å². The minimum absolute atomic E-state index is 0.00106. The number of aromatic nitrogens is 2. The minimum atomic E-state index is -0.400. The maximum absolute atomic E-state index is 13.1. The first-order valence-corrected chi connectivity index (χ1v) is 7.71. The van der Waals surface area contributed by atoms with E-state index in [1.54, 1.807) is 10.8 Å². The lowest BCUT2D eigenvalue weighted by molar-refractivity contribution is 0.135. The van der Waals surface area contributed by atoms with Crippen LogP contribution in [0.1, 0.15) is 31.4 Å². The van der Waals surface area contributed by atoms with Crippen LogP contribution in [-0.2, 0) is 0 Å². The molecule has 0 unspecified atom stereocenters. The lowest BCUT2D eigenvalue weighted by Gasteiger charge is -2.37. The highest BCUT2D eigenvalue weighted by Crippen LogP contribution is 2.19. The van der Waals surface area contributed by atoms with Gasteiger partial charge in [-0.25, -0.2) is 13.8 Å². The van der Waals surface area contributed by atoms with Gasteiger partial charge in [-0.15, -0.1) is 0 Å². The molecule has 1 aromatic carbocycles. The number of nitrogens with zero attached hydrogens (tertiary/aromatic N) is 3. The Morgan fingerprint density at radius 3 is 2.26 bits per heavy atom. The van der Waals surface area contributed by atoms with E-state index >= 15 is 0 Å². The number of hydrogen-bond acceptors (Lipinski definition) is 3. The molecule has 1 aliphatic heterocycles. The highest BCUT2D eigenvalue weighted by Gasteiger charge is 2.28. The van der Waals surface area contributed by atoms with Gasteiger partial charge in [0.2, 0.25) is 0 Å². The summed E-state index contributed by atoms with van der Waals surface area (Å²) >= 11 is 0. The van der Waals surface area contributed by atoms with Crippen molar-refractivity contribution in [3.8, 4) is 5.69 Å². The van der Waals surface area contributed by atoms with Gasteiger partial charge < -0.3 is 4.90 Å². The van der Waals surface area contributed by atoms with Crippen LogP contribution < -0.4 is 11.2 Å². The Bertz CT molecular complexity index is 830. The molecule has 2 heterocycles. The first-order chi connectivity index (χ1) is 10.9. The second-order valence-electron chi connectivity index (χ2n) is 6.42. The zero-order chi connectivity index (χ0) is 16.7. The van der Waals surface area contributed by atoms with Crippen molar-refractivity contribution in [1.82, 2.24) is 14.0 Å². The zero-order valence-electron chi connectivity index (χ0n) is 13.5. The lowest BCUT2D eigenvalue weighted by atomic mass is 10.1. The Morgan fingerprint density at radius 1 is 1.13 bits per heavy atom. The standard InChI is InChI=1S/C17H20FN3O2/c1-11(2)15-10-20(14-8-19(3)9-14)17(23)21(16(15)22)13-6-4-12(18)5-7-13/h4-7,10-11,14H,8-9H2,1-3H3. The summed E-state index contributed by atoms with van der Waals surface area (Å²) in [6.07, 6.45) is 1.69. The van der Waals surface area contributed by atoms with Crippen LogP contribution >= 0.6 is 0 Å². The van der Waals surface area contributed by atoms with Gasteiger partial charge in [0.25, 0.3) is 5.56 Å². The van der Waals surface area contributed by atoms with E-state index in [1.807, 2.05) is 20.9 Å². The van der Waals surface area contributed by atoms with Crippen molar-refractivity contribution < 1.29 is 4.39 Å². The van der Waals surface area contributed by atoms with Gasteiger partial charge >= 0.3 is 5.69 Å². The third-order valence-corrected chi connectivity index (χ3v) is 4.29. The summed E-state index contributed by atoms with van der Waals surface area (Å²) in [5, 5.41) is 0. The van der Waals surface area contributed by atoms with Crippen LogP contribution in [0.4, 0.5) is 4.39 Å². The van der Waals surface area contributed by atoms with E-state index in [0.717, 1.165) is 17.7 Å². The Balaban J connectivity index is 2.23. The highest BCUT2D eigenvalue weighted by atomic mass is 19.1. The van der Waals surface area contributed by atoms with Crippen LogP contribution in [0.3, 0.4) is 0 Å². The van der Waals surface area contributed by atoms with Crippen LogP contribution in [0, 0.1) is 5.82 Å². The van der Waals surface area contributed by atoms with Gasteiger partial charge in [0.05, 0.1) is 11.7 Å². The van der Waals surface area contributed by atoms with E-state index < -0.39 is 5.82 Å². The third kappa shape index (κ3) is 2.74. The van der Waals surface area contributed by atoms with Crippen LogP contribution in [0.5, 0.6) is 0 Å². The summed E-state index contributed by atoms with van der Waals surface area (Å²) in [6.45, 7) is 5.40. The molecule has 0 bridgehead atoms. The van der Waals surface area contributed by atoms with Gasteiger partial charge in [-0.1, -0.05) is 13.8 Å². The Morgan fingerprint density at radius 2 is 1.74 bits per heavy atom. The predicted molar refractivity (Wildman–Crippen MR) is 86.9 cm³/mol. The molecule has 0 spiro atoms. The van der Waals surface area contributed by atoms with Crippen LogP contribution in [-0.4, -0.2) is 34.2 Å². The molecule has 1 fully saturated rings. The molecule has 122 valence electrons. The van der Waals surface area contributed by atoms with E-state index in [4.69, 9.17) is 0 Å². The maximum atomic E-state index is 13.1. The van der Waals surface area contributed by atoms with E-state index in [2.05, 4.69) is 4.90 Å². The largest absolute Gasteiger partial charge is 0.335 e. The fourth-order valence-corrected chi connectivity index (χ4v) is 2.91. The van der Waals surface area contributed by atoms with Crippen molar-refractivity contribution in [3.63, 3.8) is 0 Å². The molecule has 0 saturated carbocycles. The first-order valence-electron chi connectivity index (χ1n) is 7.71.